The summed E-state index contributed by atoms with van der Waals surface area (Å²) in [6.07, 6.45) is 2.61. The molecule has 0 spiro atoms. The third-order valence-electron chi connectivity index (χ3n) is 3.84. The third kappa shape index (κ3) is 3.13. The van der Waals surface area contributed by atoms with Gasteiger partial charge in [0.2, 0.25) is 0 Å². The lowest BCUT2D eigenvalue weighted by atomic mass is 10.2. The highest BCUT2D eigenvalue weighted by molar-refractivity contribution is 7.99. The van der Waals surface area contributed by atoms with Gasteiger partial charge in [-0.05, 0) is 30.0 Å². The summed E-state index contributed by atoms with van der Waals surface area (Å²) in [6, 6.07) is 7.60. The van der Waals surface area contributed by atoms with Crippen molar-refractivity contribution in [2.75, 3.05) is 18.8 Å². The molecule has 0 bridgehead atoms. The number of amides is 1. The van der Waals surface area contributed by atoms with Gasteiger partial charge in [-0.25, -0.2) is 0 Å². The van der Waals surface area contributed by atoms with E-state index in [1.165, 1.54) is 9.44 Å². The molecule has 1 atom stereocenters. The smallest absolute Gasteiger partial charge is 0.263 e. The molecular weight excluding hydrogens is 316 g/mol. The van der Waals surface area contributed by atoms with Crippen molar-refractivity contribution in [1.29, 1.82) is 0 Å². The second-order valence-electron chi connectivity index (χ2n) is 5.29. The summed E-state index contributed by atoms with van der Waals surface area (Å²) in [5.74, 6) is 0.759. The molecule has 2 aromatic rings. The van der Waals surface area contributed by atoms with Crippen molar-refractivity contribution in [2.45, 2.75) is 11.7 Å². The van der Waals surface area contributed by atoms with E-state index in [9.17, 15) is 9.59 Å². The zero-order valence-electron chi connectivity index (χ0n) is 12.4. The SMILES string of the molecule is Cn1cccc(C(=O)N2CCS[C@@H](c3cccs3)CC2)c1=O. The molecule has 2 aromatic heterocycles. The maximum Gasteiger partial charge on any atom is 0.263 e. The number of carbonyl (C=O) groups excluding carboxylic acids is 1. The van der Waals surface area contributed by atoms with E-state index < -0.39 is 0 Å². The van der Waals surface area contributed by atoms with Crippen LogP contribution in [0.4, 0.5) is 0 Å². The Morgan fingerprint density at radius 3 is 2.91 bits per heavy atom. The number of carbonyl (C=O) groups is 1. The van der Waals surface area contributed by atoms with E-state index in [1.54, 1.807) is 36.7 Å². The Bertz CT molecular complexity index is 709. The van der Waals surface area contributed by atoms with Crippen molar-refractivity contribution in [3.05, 3.63) is 56.6 Å². The van der Waals surface area contributed by atoms with E-state index in [-0.39, 0.29) is 17.0 Å². The van der Waals surface area contributed by atoms with E-state index in [0.29, 0.717) is 18.3 Å². The van der Waals surface area contributed by atoms with Crippen LogP contribution in [0, 0.1) is 0 Å². The number of nitrogens with zero attached hydrogens (tertiary/aromatic N) is 2. The van der Waals surface area contributed by atoms with Gasteiger partial charge >= 0.3 is 0 Å². The van der Waals surface area contributed by atoms with Crippen molar-refractivity contribution in [3.8, 4) is 0 Å². The molecule has 1 aliphatic rings. The summed E-state index contributed by atoms with van der Waals surface area (Å²) >= 11 is 3.67. The first kappa shape index (κ1) is 15.4. The van der Waals surface area contributed by atoms with Crippen LogP contribution in [-0.2, 0) is 7.05 Å². The normalized spacial score (nSPS) is 19.0. The standard InChI is InChI=1S/C16H18N2O2S2/c1-17-7-2-4-12(15(17)19)16(20)18-8-6-14(22-11-9-18)13-5-3-10-21-13/h2-5,7,10,14H,6,8-9,11H2,1H3/t14-/m1/s1. The number of hydrogen-bond donors (Lipinski definition) is 0. The molecule has 116 valence electrons. The molecule has 22 heavy (non-hydrogen) atoms. The van der Waals surface area contributed by atoms with Gasteiger partial charge in [0.1, 0.15) is 5.56 Å². The Morgan fingerprint density at radius 2 is 2.14 bits per heavy atom. The monoisotopic (exact) mass is 334 g/mol. The van der Waals surface area contributed by atoms with Crippen LogP contribution in [0.5, 0.6) is 0 Å². The molecule has 1 aliphatic heterocycles. The van der Waals surface area contributed by atoms with Crippen LogP contribution in [0.3, 0.4) is 0 Å². The predicted molar refractivity (Wildman–Crippen MR) is 91.7 cm³/mol. The van der Waals surface area contributed by atoms with Crippen LogP contribution < -0.4 is 5.56 Å². The van der Waals surface area contributed by atoms with Crippen LogP contribution in [-0.4, -0.2) is 34.2 Å². The fourth-order valence-corrected chi connectivity index (χ4v) is 4.84. The van der Waals surface area contributed by atoms with Gasteiger partial charge in [-0.15, -0.1) is 11.3 Å². The topological polar surface area (TPSA) is 42.3 Å². The van der Waals surface area contributed by atoms with Crippen LogP contribution in [0.25, 0.3) is 0 Å². The molecule has 0 unspecified atom stereocenters. The largest absolute Gasteiger partial charge is 0.338 e. The Balaban J connectivity index is 1.74. The van der Waals surface area contributed by atoms with Gasteiger partial charge in [-0.2, -0.15) is 11.8 Å². The number of thiophene rings is 1. The number of pyridine rings is 1. The highest BCUT2D eigenvalue weighted by atomic mass is 32.2. The molecule has 0 radical (unpaired) electrons. The van der Waals surface area contributed by atoms with Crippen molar-refractivity contribution < 1.29 is 4.79 Å². The van der Waals surface area contributed by atoms with Gasteiger partial charge in [-0.1, -0.05) is 6.07 Å². The highest BCUT2D eigenvalue weighted by Gasteiger charge is 2.24. The fraction of sp³-hybridized carbons (Fsp3) is 0.375. The molecule has 0 N–H and O–H groups in total. The van der Waals surface area contributed by atoms with Gasteiger partial charge in [0.05, 0.1) is 0 Å². The highest BCUT2D eigenvalue weighted by Crippen LogP contribution is 2.36. The fourth-order valence-electron chi connectivity index (χ4n) is 2.61. The summed E-state index contributed by atoms with van der Waals surface area (Å²) in [4.78, 5) is 27.9. The Kier molecular flexibility index (Phi) is 4.69. The number of rotatable bonds is 2. The van der Waals surface area contributed by atoms with Gasteiger partial charge < -0.3 is 9.47 Å². The summed E-state index contributed by atoms with van der Waals surface area (Å²) in [5.41, 5.74) is 0.0452. The van der Waals surface area contributed by atoms with Gasteiger partial charge in [-0.3, -0.25) is 9.59 Å². The van der Waals surface area contributed by atoms with Crippen LogP contribution >= 0.6 is 23.1 Å². The summed E-state index contributed by atoms with van der Waals surface area (Å²) < 4.78 is 1.45. The minimum absolute atomic E-state index is 0.145. The molecule has 3 heterocycles. The average Bonchev–Trinajstić information content (AvgIpc) is 2.94. The summed E-state index contributed by atoms with van der Waals surface area (Å²) in [7, 11) is 1.67. The molecule has 1 amide bonds. The summed E-state index contributed by atoms with van der Waals surface area (Å²) in [5, 5.41) is 2.55. The molecule has 0 saturated carbocycles. The van der Waals surface area contributed by atoms with Crippen LogP contribution in [0.1, 0.15) is 26.9 Å². The van der Waals surface area contributed by atoms with E-state index in [0.717, 1.165) is 12.2 Å². The summed E-state index contributed by atoms with van der Waals surface area (Å²) in [6.45, 7) is 1.40. The van der Waals surface area contributed by atoms with Crippen molar-refractivity contribution in [2.24, 2.45) is 7.05 Å². The molecule has 4 nitrogen and oxygen atoms in total. The zero-order valence-corrected chi connectivity index (χ0v) is 14.0. The van der Waals surface area contributed by atoms with Gasteiger partial charge in [0.15, 0.2) is 0 Å². The molecule has 0 aliphatic carbocycles. The Hall–Kier alpha value is -1.53. The third-order valence-corrected chi connectivity index (χ3v) is 6.29. The first-order valence-electron chi connectivity index (χ1n) is 7.27. The van der Waals surface area contributed by atoms with Crippen molar-refractivity contribution >= 4 is 29.0 Å². The molecule has 0 aromatic carbocycles. The van der Waals surface area contributed by atoms with E-state index >= 15 is 0 Å². The minimum atomic E-state index is -0.223. The Labute approximate surface area is 137 Å². The molecule has 1 saturated heterocycles. The maximum atomic E-state index is 12.6. The minimum Gasteiger partial charge on any atom is -0.338 e. The number of aromatic nitrogens is 1. The first-order valence-corrected chi connectivity index (χ1v) is 9.19. The van der Waals surface area contributed by atoms with Crippen molar-refractivity contribution in [1.82, 2.24) is 9.47 Å². The van der Waals surface area contributed by atoms with Crippen LogP contribution in [0.2, 0.25) is 0 Å². The van der Waals surface area contributed by atoms with Gasteiger partial charge in [0.25, 0.3) is 11.5 Å². The van der Waals surface area contributed by atoms with Crippen molar-refractivity contribution in [3.63, 3.8) is 0 Å². The quantitative estimate of drug-likeness (QED) is 0.848. The van der Waals surface area contributed by atoms with E-state index in [1.807, 2.05) is 16.7 Å². The average molecular weight is 334 g/mol. The van der Waals surface area contributed by atoms with Gasteiger partial charge in [0, 0.05) is 42.2 Å². The molecular formula is C16H18N2O2S2. The lowest BCUT2D eigenvalue weighted by Gasteiger charge is -2.20. The van der Waals surface area contributed by atoms with Crippen LogP contribution in [0.15, 0.2) is 40.6 Å². The van der Waals surface area contributed by atoms with E-state index in [2.05, 4.69) is 17.5 Å². The predicted octanol–water partition coefficient (Wildman–Crippen LogP) is 2.77. The second-order valence-corrected chi connectivity index (χ2v) is 7.58. The molecule has 1 fully saturated rings. The number of aryl methyl sites for hydroxylation is 1. The second kappa shape index (κ2) is 6.71. The first-order chi connectivity index (χ1) is 10.7. The Morgan fingerprint density at radius 1 is 1.27 bits per heavy atom. The maximum absolute atomic E-state index is 12.6. The number of hydrogen-bond acceptors (Lipinski definition) is 4. The lowest BCUT2D eigenvalue weighted by molar-refractivity contribution is 0.0764. The zero-order chi connectivity index (χ0) is 15.5. The molecule has 3 rings (SSSR count). The molecule has 6 heteroatoms. The van der Waals surface area contributed by atoms with E-state index in [4.69, 9.17) is 0 Å². The lowest BCUT2D eigenvalue weighted by Crippen LogP contribution is -2.37. The number of thioether (sulfide) groups is 1.